The molecule has 1 saturated heterocycles. The van der Waals surface area contributed by atoms with Crippen molar-refractivity contribution in [1.29, 1.82) is 0 Å². The third-order valence-electron chi connectivity index (χ3n) is 11.0. The van der Waals surface area contributed by atoms with Crippen molar-refractivity contribution in [2.75, 3.05) is 52.0 Å². The van der Waals surface area contributed by atoms with Gasteiger partial charge in [-0.3, -0.25) is 4.79 Å². The average Bonchev–Trinajstić information content (AvgIpc) is 3.18. The Hall–Kier alpha value is -4.23. The number of methoxy groups -OCH3 is 2. The predicted molar refractivity (Wildman–Crippen MR) is 214 cm³/mol. The first-order valence-electron chi connectivity index (χ1n) is 19.4. The fraction of sp³-hybridized carbons (Fsp3) is 0.512. The summed E-state index contributed by atoms with van der Waals surface area (Å²) in [5.74, 6) is -0.177. The number of fused-ring (bicyclic) bond motifs is 1. The summed E-state index contributed by atoms with van der Waals surface area (Å²) >= 11 is 0. The largest absolute Gasteiger partial charge is 0.482 e. The fourth-order valence-corrected chi connectivity index (χ4v) is 14.0. The summed E-state index contributed by atoms with van der Waals surface area (Å²) in [4.78, 5) is 42.8. The normalized spacial score (nSPS) is 18.7. The number of ether oxygens (including phenoxy) is 5. The van der Waals surface area contributed by atoms with Crippen molar-refractivity contribution in [2.45, 2.75) is 95.9 Å². The first kappa shape index (κ1) is 41.9. The highest BCUT2D eigenvalue weighted by Crippen LogP contribution is 2.46. The van der Waals surface area contributed by atoms with Gasteiger partial charge >= 0.3 is 12.1 Å². The van der Waals surface area contributed by atoms with Gasteiger partial charge in [0.2, 0.25) is 8.32 Å². The molecule has 11 nitrogen and oxygen atoms in total. The quantitative estimate of drug-likeness (QED) is 0.0809. The van der Waals surface area contributed by atoms with Gasteiger partial charge in [0.05, 0.1) is 43.7 Å². The van der Waals surface area contributed by atoms with Crippen LogP contribution in [-0.2, 0) is 41.4 Å². The van der Waals surface area contributed by atoms with Crippen LogP contribution in [0.2, 0.25) is 16.6 Å². The van der Waals surface area contributed by atoms with E-state index in [4.69, 9.17) is 28.1 Å². The smallest absolute Gasteiger partial charge is 0.410 e. The number of likely N-dealkylation sites (tertiary alicyclic amines) is 1. The predicted octanol–water partition coefficient (Wildman–Crippen LogP) is 8.12. The van der Waals surface area contributed by atoms with Gasteiger partial charge in [-0.2, -0.15) is 0 Å². The summed E-state index contributed by atoms with van der Waals surface area (Å²) in [7, 11) is 0.523. The molecule has 0 saturated carbocycles. The van der Waals surface area contributed by atoms with E-state index in [9.17, 15) is 14.4 Å². The summed E-state index contributed by atoms with van der Waals surface area (Å²) in [6.45, 7) is 15.4. The number of piperidine rings is 1. The molecule has 0 N–H and O–H groups in total. The molecular formula is C43H58N2O9Si. The highest BCUT2D eigenvalue weighted by molar-refractivity contribution is 6.77. The van der Waals surface area contributed by atoms with Crippen LogP contribution in [0.25, 0.3) is 0 Å². The molecule has 0 aliphatic carbocycles. The maximum Gasteiger partial charge on any atom is 0.410 e. The van der Waals surface area contributed by atoms with Crippen LogP contribution in [0.5, 0.6) is 5.75 Å². The number of esters is 1. The summed E-state index contributed by atoms with van der Waals surface area (Å²) in [5.41, 5.74) is 4.71. The molecule has 3 aromatic rings. The van der Waals surface area contributed by atoms with Gasteiger partial charge in [-0.25, -0.2) is 9.59 Å². The minimum absolute atomic E-state index is 0.0140. The molecule has 3 aromatic carbocycles. The van der Waals surface area contributed by atoms with Crippen molar-refractivity contribution < 1.29 is 42.5 Å². The third kappa shape index (κ3) is 9.78. The van der Waals surface area contributed by atoms with E-state index < -0.39 is 32.6 Å². The summed E-state index contributed by atoms with van der Waals surface area (Å²) in [6.07, 6.45) is -0.701. The Balaban J connectivity index is 1.52. The molecule has 0 spiro atoms. The molecule has 0 bridgehead atoms. The Bertz CT molecular complexity index is 1710. The summed E-state index contributed by atoms with van der Waals surface area (Å²) in [5, 5.41) is 0. The van der Waals surface area contributed by atoms with E-state index >= 15 is 0 Å². The monoisotopic (exact) mass is 774 g/mol. The molecule has 3 unspecified atom stereocenters. The summed E-state index contributed by atoms with van der Waals surface area (Å²) in [6, 6.07) is 22.8. The average molecular weight is 775 g/mol. The maximum absolute atomic E-state index is 13.9. The van der Waals surface area contributed by atoms with Crippen molar-refractivity contribution in [2.24, 2.45) is 0 Å². The number of benzene rings is 3. The van der Waals surface area contributed by atoms with Gasteiger partial charge in [0.25, 0.3) is 5.91 Å². The van der Waals surface area contributed by atoms with Gasteiger partial charge in [0, 0.05) is 32.7 Å². The molecule has 5 rings (SSSR count). The lowest BCUT2D eigenvalue weighted by molar-refractivity contribution is -0.121. The molecule has 55 heavy (non-hydrogen) atoms. The molecule has 2 heterocycles. The van der Waals surface area contributed by atoms with Gasteiger partial charge in [-0.05, 0) is 64.0 Å². The van der Waals surface area contributed by atoms with Crippen LogP contribution >= 0.6 is 0 Å². The van der Waals surface area contributed by atoms with Crippen LogP contribution in [0.4, 0.5) is 10.5 Å². The Morgan fingerprint density at radius 3 is 2.15 bits per heavy atom. The van der Waals surface area contributed by atoms with E-state index in [0.29, 0.717) is 59.7 Å². The third-order valence-corrected chi connectivity index (χ3v) is 17.1. The van der Waals surface area contributed by atoms with E-state index in [-0.39, 0.29) is 38.2 Å². The van der Waals surface area contributed by atoms with Gasteiger partial charge in [0.1, 0.15) is 12.4 Å². The molecule has 2 aliphatic heterocycles. The van der Waals surface area contributed by atoms with E-state index in [1.807, 2.05) is 60.7 Å². The van der Waals surface area contributed by atoms with Gasteiger partial charge in [-0.15, -0.1) is 0 Å². The van der Waals surface area contributed by atoms with Crippen molar-refractivity contribution >= 4 is 32.0 Å². The second-order valence-corrected chi connectivity index (χ2v) is 20.8. The molecule has 2 aliphatic rings. The van der Waals surface area contributed by atoms with Gasteiger partial charge in [0.15, 0.2) is 6.61 Å². The molecule has 0 aromatic heterocycles. The number of carbonyl (C=O) groups is 3. The van der Waals surface area contributed by atoms with Crippen molar-refractivity contribution in [3.8, 4) is 5.75 Å². The zero-order chi connectivity index (χ0) is 39.7. The lowest BCUT2D eigenvalue weighted by atomic mass is 9.84. The molecule has 0 radical (unpaired) electrons. The number of amides is 2. The van der Waals surface area contributed by atoms with Gasteiger partial charge in [-0.1, -0.05) is 90.1 Å². The summed E-state index contributed by atoms with van der Waals surface area (Å²) < 4.78 is 36.3. The van der Waals surface area contributed by atoms with Crippen molar-refractivity contribution in [1.82, 2.24) is 4.90 Å². The lowest BCUT2D eigenvalue weighted by Crippen LogP contribution is -2.59. The standard InChI is InChI=1S/C43H58N2O9Si/c1-29(2)55(30(3)4,31(5)6)54-39-25-44(43(48)53-26-32-13-10-9-11-14-32)24-38(41(39)34-16-18-35(19-17-34)42(47)50-8)51-27-33-15-20-37-36(23-33)45(21-12-22-49-7)40(46)28-52-37/h9-11,13-20,23,29-31,38-39,41H,12,21-22,24-28H2,1-8H3. The van der Waals surface area contributed by atoms with Crippen LogP contribution in [0.1, 0.15) is 80.9 Å². The Morgan fingerprint density at radius 1 is 0.836 bits per heavy atom. The highest BCUT2D eigenvalue weighted by Gasteiger charge is 2.51. The Labute approximate surface area is 327 Å². The first-order valence-corrected chi connectivity index (χ1v) is 21.5. The maximum atomic E-state index is 13.9. The van der Waals surface area contributed by atoms with Crippen LogP contribution < -0.4 is 9.64 Å². The van der Waals surface area contributed by atoms with E-state index in [1.54, 1.807) is 29.0 Å². The number of rotatable bonds is 16. The van der Waals surface area contributed by atoms with Crippen LogP contribution in [0, 0.1) is 0 Å². The number of hydrogen-bond acceptors (Lipinski definition) is 9. The van der Waals surface area contributed by atoms with E-state index in [0.717, 1.165) is 16.7 Å². The van der Waals surface area contributed by atoms with Crippen LogP contribution in [0.15, 0.2) is 72.8 Å². The minimum atomic E-state index is -2.49. The molecule has 3 atom stereocenters. The number of nitrogens with zero attached hydrogens (tertiary/aromatic N) is 2. The molecular weight excluding hydrogens is 717 g/mol. The van der Waals surface area contributed by atoms with E-state index in [1.165, 1.54) is 7.11 Å². The molecule has 1 fully saturated rings. The zero-order valence-electron chi connectivity index (χ0n) is 33.6. The second kappa shape index (κ2) is 19.1. The topological polar surface area (TPSA) is 113 Å². The Morgan fingerprint density at radius 2 is 1.51 bits per heavy atom. The number of carbonyl (C=O) groups excluding carboxylic acids is 3. The number of hydrogen-bond donors (Lipinski definition) is 0. The van der Waals surface area contributed by atoms with Crippen LogP contribution in [0.3, 0.4) is 0 Å². The SMILES string of the molecule is COCCCN1C(=O)COc2ccc(COC3CN(C(=O)OCc4ccccc4)CC(O[Si](C(C)C)(C(C)C)C(C)C)C3c3ccc(C(=O)OC)cc3)cc21. The molecule has 12 heteroatoms. The highest BCUT2D eigenvalue weighted by atomic mass is 28.4. The second-order valence-electron chi connectivity index (χ2n) is 15.4. The van der Waals surface area contributed by atoms with E-state index in [2.05, 4.69) is 41.5 Å². The zero-order valence-corrected chi connectivity index (χ0v) is 34.6. The lowest BCUT2D eigenvalue weighted by Gasteiger charge is -2.50. The van der Waals surface area contributed by atoms with Gasteiger partial charge < -0.3 is 37.9 Å². The minimum Gasteiger partial charge on any atom is -0.482 e. The van der Waals surface area contributed by atoms with Crippen molar-refractivity contribution in [3.05, 3.63) is 95.1 Å². The number of anilines is 1. The molecule has 2 amide bonds. The van der Waals surface area contributed by atoms with Crippen molar-refractivity contribution in [3.63, 3.8) is 0 Å². The fourth-order valence-electron chi connectivity index (χ4n) is 8.41. The first-order chi connectivity index (χ1) is 26.4. The molecule has 298 valence electrons. The van der Waals surface area contributed by atoms with Crippen LogP contribution in [-0.4, -0.2) is 90.5 Å². The Kier molecular flexibility index (Phi) is 14.5.